The number of hydrogen-bond acceptors (Lipinski definition) is 5. The van der Waals surface area contributed by atoms with Gasteiger partial charge in [-0.3, -0.25) is 9.59 Å². The third-order valence-electron chi connectivity index (χ3n) is 3.16. The third-order valence-corrected chi connectivity index (χ3v) is 3.16. The van der Waals surface area contributed by atoms with E-state index in [1.807, 2.05) is 6.08 Å². The fourth-order valence-electron chi connectivity index (χ4n) is 2.21. The van der Waals surface area contributed by atoms with Crippen molar-refractivity contribution in [3.05, 3.63) is 11.8 Å². The first-order valence-corrected chi connectivity index (χ1v) is 6.54. The second-order valence-electron chi connectivity index (χ2n) is 4.72. The molecular formula is C13H19N3O3. The molecule has 2 rings (SSSR count). The van der Waals surface area contributed by atoms with E-state index in [9.17, 15) is 9.59 Å². The lowest BCUT2D eigenvalue weighted by Crippen LogP contribution is -2.41. The Morgan fingerprint density at radius 2 is 2.16 bits per heavy atom. The van der Waals surface area contributed by atoms with Crippen molar-refractivity contribution in [2.45, 2.75) is 25.7 Å². The highest BCUT2D eigenvalue weighted by Crippen LogP contribution is 2.15. The molecule has 6 heteroatoms. The predicted molar refractivity (Wildman–Crippen MR) is 70.6 cm³/mol. The van der Waals surface area contributed by atoms with E-state index in [-0.39, 0.29) is 12.2 Å². The summed E-state index contributed by atoms with van der Waals surface area (Å²) in [6, 6.07) is 0. The number of allylic oxidation sites excluding steroid dienone is 1. The molecule has 2 aliphatic heterocycles. The van der Waals surface area contributed by atoms with Crippen LogP contribution in [0.15, 0.2) is 16.8 Å². The van der Waals surface area contributed by atoms with Gasteiger partial charge in [0.25, 0.3) is 0 Å². The summed E-state index contributed by atoms with van der Waals surface area (Å²) in [4.78, 5) is 29.3. The van der Waals surface area contributed by atoms with Gasteiger partial charge in [0.1, 0.15) is 11.6 Å². The monoisotopic (exact) mass is 265 g/mol. The van der Waals surface area contributed by atoms with Gasteiger partial charge in [-0.15, -0.1) is 0 Å². The van der Waals surface area contributed by atoms with Gasteiger partial charge in [0.15, 0.2) is 0 Å². The maximum Gasteiger partial charge on any atom is 0.223 e. The van der Waals surface area contributed by atoms with Crippen molar-refractivity contribution in [2.75, 3.05) is 26.3 Å². The molecular weight excluding hydrogens is 246 g/mol. The van der Waals surface area contributed by atoms with Crippen LogP contribution < -0.4 is 5.73 Å². The number of rotatable bonds is 2. The molecule has 1 fully saturated rings. The summed E-state index contributed by atoms with van der Waals surface area (Å²) < 4.78 is 5.29. The van der Waals surface area contributed by atoms with Crippen LogP contribution in [-0.4, -0.2) is 48.7 Å². The van der Waals surface area contributed by atoms with Gasteiger partial charge < -0.3 is 15.4 Å². The molecule has 0 spiro atoms. The number of morpholine rings is 1. The number of nitrogens with two attached hydrogens (primary N) is 1. The van der Waals surface area contributed by atoms with E-state index in [1.54, 1.807) is 0 Å². The Morgan fingerprint density at radius 3 is 2.84 bits per heavy atom. The summed E-state index contributed by atoms with van der Waals surface area (Å²) >= 11 is 0. The van der Waals surface area contributed by atoms with Crippen LogP contribution in [0.25, 0.3) is 0 Å². The lowest BCUT2D eigenvalue weighted by molar-refractivity contribution is -0.118. The van der Waals surface area contributed by atoms with Crippen LogP contribution in [0, 0.1) is 0 Å². The van der Waals surface area contributed by atoms with Crippen LogP contribution in [0.4, 0.5) is 0 Å². The fraction of sp³-hybridized carbons (Fsp3) is 0.615. The summed E-state index contributed by atoms with van der Waals surface area (Å²) in [6.07, 6.45) is 3.41. The Kier molecular flexibility index (Phi) is 4.68. The third kappa shape index (κ3) is 4.17. The van der Waals surface area contributed by atoms with E-state index in [1.165, 1.54) is 0 Å². The van der Waals surface area contributed by atoms with E-state index in [0.717, 1.165) is 18.9 Å². The van der Waals surface area contributed by atoms with Gasteiger partial charge in [-0.2, -0.15) is 0 Å². The number of carbonyl (C=O) groups excluding carboxylic acids is 2. The molecule has 0 unspecified atom stereocenters. The molecule has 0 aromatic heterocycles. The number of amides is 1. The van der Waals surface area contributed by atoms with E-state index in [2.05, 4.69) is 9.89 Å². The summed E-state index contributed by atoms with van der Waals surface area (Å²) in [5.74, 6) is 0.517. The van der Waals surface area contributed by atoms with E-state index in [0.29, 0.717) is 38.2 Å². The van der Waals surface area contributed by atoms with Crippen LogP contribution in [0.3, 0.4) is 0 Å². The van der Waals surface area contributed by atoms with Crippen LogP contribution in [0.2, 0.25) is 0 Å². The molecule has 0 saturated carbocycles. The second-order valence-corrected chi connectivity index (χ2v) is 4.72. The van der Waals surface area contributed by atoms with Crippen molar-refractivity contribution in [3.8, 4) is 0 Å². The number of hydrogen-bond donors (Lipinski definition) is 1. The van der Waals surface area contributed by atoms with Crippen LogP contribution >= 0.6 is 0 Å². The number of ketones is 1. The second kappa shape index (κ2) is 6.47. The summed E-state index contributed by atoms with van der Waals surface area (Å²) in [7, 11) is 0. The van der Waals surface area contributed by atoms with Gasteiger partial charge in [0.05, 0.1) is 26.1 Å². The minimum Gasteiger partial charge on any atom is -0.378 e. The van der Waals surface area contributed by atoms with Crippen LogP contribution in [0.5, 0.6) is 0 Å². The number of carbonyl (C=O) groups is 2. The topological polar surface area (TPSA) is 85.0 Å². The van der Waals surface area contributed by atoms with E-state index in [4.69, 9.17) is 10.5 Å². The van der Waals surface area contributed by atoms with Crippen molar-refractivity contribution < 1.29 is 14.3 Å². The maximum absolute atomic E-state index is 11.8. The molecule has 2 heterocycles. The number of primary amides is 1. The zero-order valence-corrected chi connectivity index (χ0v) is 10.9. The first-order chi connectivity index (χ1) is 9.15. The van der Waals surface area contributed by atoms with Gasteiger partial charge >= 0.3 is 0 Å². The fourth-order valence-corrected chi connectivity index (χ4v) is 2.21. The molecule has 1 amide bonds. The molecule has 2 aliphatic rings. The molecule has 1 saturated heterocycles. The Morgan fingerprint density at radius 1 is 1.42 bits per heavy atom. The van der Waals surface area contributed by atoms with Crippen LogP contribution in [-0.2, 0) is 14.3 Å². The number of amidine groups is 1. The molecule has 19 heavy (non-hydrogen) atoms. The largest absolute Gasteiger partial charge is 0.378 e. The predicted octanol–water partition coefficient (Wildman–Crippen LogP) is 0.229. The SMILES string of the molecule is NC(=O)CC1=CCCC(=O)CC(N2CCOCC2)=N1. The summed E-state index contributed by atoms with van der Waals surface area (Å²) in [6.45, 7) is 2.75. The number of aliphatic imine (C=N–C) groups is 1. The highest BCUT2D eigenvalue weighted by Gasteiger charge is 2.20. The molecule has 0 radical (unpaired) electrons. The molecule has 104 valence electrons. The number of Topliss-reactive ketones (excluding diaryl/α,β-unsaturated/α-hetero) is 1. The minimum atomic E-state index is -0.400. The zero-order chi connectivity index (χ0) is 13.7. The van der Waals surface area contributed by atoms with Crippen molar-refractivity contribution in [1.29, 1.82) is 0 Å². The molecule has 6 nitrogen and oxygen atoms in total. The summed E-state index contributed by atoms with van der Waals surface area (Å²) in [5, 5.41) is 0. The quantitative estimate of drug-likeness (QED) is 0.774. The molecule has 0 aromatic carbocycles. The normalized spacial score (nSPS) is 21.3. The van der Waals surface area contributed by atoms with Crippen molar-refractivity contribution >= 4 is 17.5 Å². The van der Waals surface area contributed by atoms with Gasteiger partial charge in [0.2, 0.25) is 5.91 Å². The van der Waals surface area contributed by atoms with Crippen molar-refractivity contribution in [2.24, 2.45) is 10.7 Å². The first kappa shape index (κ1) is 13.7. The lowest BCUT2D eigenvalue weighted by Gasteiger charge is -2.30. The summed E-state index contributed by atoms with van der Waals surface area (Å²) in [5.41, 5.74) is 5.88. The highest BCUT2D eigenvalue weighted by atomic mass is 16.5. The molecule has 2 N–H and O–H groups in total. The zero-order valence-electron chi connectivity index (χ0n) is 10.9. The highest BCUT2D eigenvalue weighted by molar-refractivity contribution is 6.01. The van der Waals surface area contributed by atoms with Crippen molar-refractivity contribution in [3.63, 3.8) is 0 Å². The Labute approximate surface area is 112 Å². The van der Waals surface area contributed by atoms with E-state index < -0.39 is 5.91 Å². The van der Waals surface area contributed by atoms with Gasteiger partial charge in [-0.25, -0.2) is 4.99 Å². The van der Waals surface area contributed by atoms with Gasteiger partial charge in [0, 0.05) is 25.2 Å². The smallest absolute Gasteiger partial charge is 0.223 e. The standard InChI is InChI=1S/C13H19N3O3/c14-12(18)8-10-2-1-3-11(17)9-13(15-10)16-4-6-19-7-5-16/h2H,1,3-9H2,(H2,14,18). The Balaban J connectivity index is 2.17. The van der Waals surface area contributed by atoms with Gasteiger partial charge in [-0.1, -0.05) is 6.08 Å². The lowest BCUT2D eigenvalue weighted by atomic mass is 10.1. The van der Waals surface area contributed by atoms with Crippen molar-refractivity contribution in [1.82, 2.24) is 4.90 Å². The average molecular weight is 265 g/mol. The van der Waals surface area contributed by atoms with E-state index >= 15 is 0 Å². The van der Waals surface area contributed by atoms with Crippen LogP contribution in [0.1, 0.15) is 25.7 Å². The average Bonchev–Trinajstić information content (AvgIpc) is 2.36. The molecule has 0 aliphatic carbocycles. The number of ether oxygens (including phenoxy) is 1. The molecule has 0 atom stereocenters. The van der Waals surface area contributed by atoms with Gasteiger partial charge in [-0.05, 0) is 6.42 Å². The number of nitrogens with zero attached hydrogens (tertiary/aromatic N) is 2. The molecule has 0 bridgehead atoms. The maximum atomic E-state index is 11.8. The Bertz CT molecular complexity index is 423. The first-order valence-electron chi connectivity index (χ1n) is 6.54. The molecule has 0 aromatic rings. The Hall–Kier alpha value is -1.69. The minimum absolute atomic E-state index is 0.127.